The van der Waals surface area contributed by atoms with Gasteiger partial charge in [0.25, 0.3) is 0 Å². The maximum atomic E-state index is 5.42. The van der Waals surface area contributed by atoms with Gasteiger partial charge in [0.05, 0.1) is 12.8 Å². The summed E-state index contributed by atoms with van der Waals surface area (Å²) in [6, 6.07) is 5.72. The minimum absolute atomic E-state index is 0.813. The van der Waals surface area contributed by atoms with E-state index in [2.05, 4.69) is 4.84 Å². The molecule has 0 aromatic heterocycles. The Hall–Kier alpha value is -0.890. The SMILES string of the molecule is COc1cc(C)cc(NCl)c1. The highest BCUT2D eigenvalue weighted by atomic mass is 35.5. The van der Waals surface area contributed by atoms with Gasteiger partial charge in [-0.2, -0.15) is 0 Å². The first-order valence-electron chi connectivity index (χ1n) is 3.28. The van der Waals surface area contributed by atoms with Gasteiger partial charge >= 0.3 is 0 Å². The van der Waals surface area contributed by atoms with Crippen molar-refractivity contribution in [3.05, 3.63) is 23.8 Å². The fourth-order valence-electron chi connectivity index (χ4n) is 0.920. The van der Waals surface area contributed by atoms with Crippen LogP contribution in [0.2, 0.25) is 0 Å². The molecule has 0 saturated heterocycles. The van der Waals surface area contributed by atoms with Crippen molar-refractivity contribution >= 4 is 17.5 Å². The number of halogens is 1. The van der Waals surface area contributed by atoms with Crippen molar-refractivity contribution in [1.82, 2.24) is 0 Å². The van der Waals surface area contributed by atoms with Gasteiger partial charge in [0.15, 0.2) is 0 Å². The van der Waals surface area contributed by atoms with Crippen molar-refractivity contribution in [2.75, 3.05) is 11.9 Å². The van der Waals surface area contributed by atoms with E-state index < -0.39 is 0 Å². The molecule has 0 radical (unpaired) electrons. The summed E-state index contributed by atoms with van der Waals surface area (Å²) in [5.41, 5.74) is 1.97. The molecule has 0 heterocycles. The van der Waals surface area contributed by atoms with Gasteiger partial charge in [0.1, 0.15) is 5.75 Å². The lowest BCUT2D eigenvalue weighted by molar-refractivity contribution is 0.414. The summed E-state index contributed by atoms with van der Waals surface area (Å²) in [6.45, 7) is 1.99. The van der Waals surface area contributed by atoms with Crippen LogP contribution in [0, 0.1) is 6.92 Å². The molecule has 1 aromatic carbocycles. The van der Waals surface area contributed by atoms with E-state index >= 15 is 0 Å². The fraction of sp³-hybridized carbons (Fsp3) is 0.250. The number of aryl methyl sites for hydroxylation is 1. The number of benzene rings is 1. The van der Waals surface area contributed by atoms with Crippen molar-refractivity contribution < 1.29 is 4.74 Å². The van der Waals surface area contributed by atoms with E-state index in [1.54, 1.807) is 7.11 Å². The zero-order chi connectivity index (χ0) is 8.27. The Balaban J connectivity index is 3.02. The molecule has 3 heteroatoms. The summed E-state index contributed by atoms with van der Waals surface area (Å²) in [6.07, 6.45) is 0. The van der Waals surface area contributed by atoms with Crippen LogP contribution < -0.4 is 9.57 Å². The van der Waals surface area contributed by atoms with Gasteiger partial charge in [-0.25, -0.2) is 0 Å². The van der Waals surface area contributed by atoms with Gasteiger partial charge in [-0.3, -0.25) is 4.84 Å². The molecular formula is C8H10ClNO. The quantitative estimate of drug-likeness (QED) is 0.691. The number of hydrogen-bond acceptors (Lipinski definition) is 2. The molecule has 1 rings (SSSR count). The first kappa shape index (κ1) is 8.21. The first-order valence-corrected chi connectivity index (χ1v) is 3.66. The molecule has 0 spiro atoms. The van der Waals surface area contributed by atoms with Crippen LogP contribution in [0.25, 0.3) is 0 Å². The van der Waals surface area contributed by atoms with Crippen molar-refractivity contribution in [2.45, 2.75) is 6.92 Å². The van der Waals surface area contributed by atoms with E-state index in [0.717, 1.165) is 17.0 Å². The Morgan fingerprint density at radius 2 is 2.09 bits per heavy atom. The highest BCUT2D eigenvalue weighted by molar-refractivity contribution is 6.24. The fourth-order valence-corrected chi connectivity index (χ4v) is 1.03. The molecule has 1 aromatic rings. The molecule has 60 valence electrons. The van der Waals surface area contributed by atoms with Crippen molar-refractivity contribution in [3.63, 3.8) is 0 Å². The summed E-state index contributed by atoms with van der Waals surface area (Å²) in [4.78, 5) is 2.53. The monoisotopic (exact) mass is 171 g/mol. The molecule has 0 aliphatic carbocycles. The molecule has 0 fully saturated rings. The molecule has 0 amide bonds. The normalized spacial score (nSPS) is 9.36. The predicted molar refractivity (Wildman–Crippen MR) is 47.2 cm³/mol. The van der Waals surface area contributed by atoms with Crippen LogP contribution in [0.3, 0.4) is 0 Å². The van der Waals surface area contributed by atoms with Gasteiger partial charge in [-0.05, 0) is 24.6 Å². The molecule has 0 unspecified atom stereocenters. The maximum Gasteiger partial charge on any atom is 0.121 e. The summed E-state index contributed by atoms with van der Waals surface area (Å²) in [5.74, 6) is 0.813. The second-order valence-corrected chi connectivity index (χ2v) is 2.52. The minimum atomic E-state index is 0.813. The second kappa shape index (κ2) is 3.49. The zero-order valence-corrected chi connectivity index (χ0v) is 7.27. The highest BCUT2D eigenvalue weighted by Crippen LogP contribution is 2.20. The lowest BCUT2D eigenvalue weighted by Crippen LogP contribution is -1.86. The summed E-state index contributed by atoms with van der Waals surface area (Å²) in [7, 11) is 1.63. The van der Waals surface area contributed by atoms with Crippen LogP contribution in [0.5, 0.6) is 5.75 Å². The van der Waals surface area contributed by atoms with Gasteiger partial charge in [-0.1, -0.05) is 0 Å². The molecule has 2 nitrogen and oxygen atoms in total. The van der Waals surface area contributed by atoms with E-state index in [1.807, 2.05) is 25.1 Å². The molecule has 1 N–H and O–H groups in total. The van der Waals surface area contributed by atoms with Crippen LogP contribution in [0.4, 0.5) is 5.69 Å². The van der Waals surface area contributed by atoms with Gasteiger partial charge in [0.2, 0.25) is 0 Å². The maximum absolute atomic E-state index is 5.42. The lowest BCUT2D eigenvalue weighted by Gasteiger charge is -2.03. The number of methoxy groups -OCH3 is 1. The molecule has 0 aliphatic heterocycles. The Morgan fingerprint density at radius 3 is 2.64 bits per heavy atom. The van der Waals surface area contributed by atoms with E-state index in [9.17, 15) is 0 Å². The van der Waals surface area contributed by atoms with Gasteiger partial charge < -0.3 is 4.74 Å². The average Bonchev–Trinajstić information content (AvgIpc) is 2.03. The Morgan fingerprint density at radius 1 is 1.36 bits per heavy atom. The van der Waals surface area contributed by atoms with Gasteiger partial charge in [-0.15, -0.1) is 0 Å². The van der Waals surface area contributed by atoms with E-state index in [-0.39, 0.29) is 0 Å². The summed E-state index contributed by atoms with van der Waals surface area (Å²) >= 11 is 5.42. The van der Waals surface area contributed by atoms with Crippen LogP contribution >= 0.6 is 11.8 Å². The number of ether oxygens (including phenoxy) is 1. The molecule has 0 aliphatic rings. The Labute approximate surface area is 71.2 Å². The third-order valence-electron chi connectivity index (χ3n) is 1.40. The Kier molecular flexibility index (Phi) is 2.60. The third-order valence-corrected chi connectivity index (χ3v) is 1.61. The second-order valence-electron chi connectivity index (χ2n) is 2.33. The van der Waals surface area contributed by atoms with E-state index in [4.69, 9.17) is 16.5 Å². The molecule has 11 heavy (non-hydrogen) atoms. The van der Waals surface area contributed by atoms with E-state index in [1.165, 1.54) is 0 Å². The summed E-state index contributed by atoms with van der Waals surface area (Å²) < 4.78 is 5.04. The molecule has 0 bridgehead atoms. The Bertz CT molecular complexity index is 228. The van der Waals surface area contributed by atoms with Crippen molar-refractivity contribution in [1.29, 1.82) is 0 Å². The van der Waals surface area contributed by atoms with Crippen molar-refractivity contribution in [2.24, 2.45) is 0 Å². The topological polar surface area (TPSA) is 21.3 Å². The molecular weight excluding hydrogens is 162 g/mol. The number of rotatable bonds is 2. The van der Waals surface area contributed by atoms with Crippen LogP contribution in [0.15, 0.2) is 18.2 Å². The predicted octanol–water partition coefficient (Wildman–Crippen LogP) is 2.57. The number of anilines is 1. The summed E-state index contributed by atoms with van der Waals surface area (Å²) in [5, 5.41) is 0. The first-order chi connectivity index (χ1) is 5.26. The molecule has 0 saturated carbocycles. The third kappa shape index (κ3) is 2.02. The van der Waals surface area contributed by atoms with Crippen molar-refractivity contribution in [3.8, 4) is 5.75 Å². The van der Waals surface area contributed by atoms with Crippen LogP contribution in [0.1, 0.15) is 5.56 Å². The molecule has 0 atom stereocenters. The standard InChI is InChI=1S/C8H10ClNO/c1-6-3-7(10-9)5-8(4-6)11-2/h3-5,10H,1-2H3. The average molecular weight is 172 g/mol. The number of nitrogens with one attached hydrogen (secondary N) is 1. The van der Waals surface area contributed by atoms with Crippen LogP contribution in [-0.4, -0.2) is 7.11 Å². The highest BCUT2D eigenvalue weighted by Gasteiger charge is 1.95. The largest absolute Gasteiger partial charge is 0.497 e. The van der Waals surface area contributed by atoms with Gasteiger partial charge in [0, 0.05) is 17.8 Å². The lowest BCUT2D eigenvalue weighted by atomic mass is 10.2. The number of hydrogen-bond donors (Lipinski definition) is 1. The minimum Gasteiger partial charge on any atom is -0.497 e. The smallest absolute Gasteiger partial charge is 0.121 e. The zero-order valence-electron chi connectivity index (χ0n) is 6.52. The van der Waals surface area contributed by atoms with Crippen LogP contribution in [-0.2, 0) is 0 Å². The van der Waals surface area contributed by atoms with E-state index in [0.29, 0.717) is 0 Å².